The molecule has 0 aliphatic carbocycles. The Hall–Kier alpha value is -0.110. The van der Waals surface area contributed by atoms with E-state index in [-0.39, 0.29) is 11.8 Å². The topological polar surface area (TPSA) is 12.0 Å². The van der Waals surface area contributed by atoms with E-state index < -0.39 is 6.17 Å². The second kappa shape index (κ2) is 2.65. The standard InChI is InChI=1S/C7H14FN/c1-5-3-9-4-6(2)7(5)8/h5-7,9H,3-4H2,1-2H3/t5-,6+,7+. The lowest BCUT2D eigenvalue weighted by molar-refractivity contribution is 0.133. The van der Waals surface area contributed by atoms with E-state index in [2.05, 4.69) is 5.32 Å². The number of alkyl halides is 1. The Kier molecular flexibility index (Phi) is 2.06. The van der Waals surface area contributed by atoms with Crippen molar-refractivity contribution >= 4 is 0 Å². The number of piperidine rings is 1. The summed E-state index contributed by atoms with van der Waals surface area (Å²) in [6.07, 6.45) is -0.591. The maximum absolute atomic E-state index is 12.9. The van der Waals surface area contributed by atoms with Crippen LogP contribution < -0.4 is 5.32 Å². The summed E-state index contributed by atoms with van der Waals surface area (Å²) in [7, 11) is 0. The van der Waals surface area contributed by atoms with Gasteiger partial charge < -0.3 is 5.32 Å². The van der Waals surface area contributed by atoms with Crippen molar-refractivity contribution in [3.8, 4) is 0 Å². The molecule has 0 aromatic rings. The summed E-state index contributed by atoms with van der Waals surface area (Å²) in [5, 5.41) is 3.17. The first kappa shape index (κ1) is 7.00. The molecule has 1 rings (SSSR count). The van der Waals surface area contributed by atoms with Crippen molar-refractivity contribution in [1.82, 2.24) is 5.32 Å². The summed E-state index contributed by atoms with van der Waals surface area (Å²) in [6, 6.07) is 0. The van der Waals surface area contributed by atoms with Crippen molar-refractivity contribution < 1.29 is 4.39 Å². The van der Waals surface area contributed by atoms with Gasteiger partial charge in [0, 0.05) is 24.9 Å². The van der Waals surface area contributed by atoms with Crippen molar-refractivity contribution in [2.75, 3.05) is 13.1 Å². The fourth-order valence-electron chi connectivity index (χ4n) is 1.32. The monoisotopic (exact) mass is 131 g/mol. The molecule has 1 nitrogen and oxygen atoms in total. The zero-order valence-electron chi connectivity index (χ0n) is 6.02. The maximum Gasteiger partial charge on any atom is 0.108 e. The molecule has 3 atom stereocenters. The predicted octanol–water partition coefficient (Wildman–Crippen LogP) is 1.20. The molecule has 1 aliphatic heterocycles. The van der Waals surface area contributed by atoms with Crippen LogP contribution in [0.4, 0.5) is 4.39 Å². The van der Waals surface area contributed by atoms with E-state index in [0.717, 1.165) is 13.1 Å². The molecular formula is C7H14FN. The van der Waals surface area contributed by atoms with Gasteiger partial charge >= 0.3 is 0 Å². The average molecular weight is 131 g/mol. The first-order valence-corrected chi connectivity index (χ1v) is 3.56. The molecule has 0 spiro atoms. The van der Waals surface area contributed by atoms with Gasteiger partial charge in [0.1, 0.15) is 6.17 Å². The third-order valence-electron chi connectivity index (χ3n) is 2.02. The Labute approximate surface area is 55.6 Å². The van der Waals surface area contributed by atoms with E-state index in [1.54, 1.807) is 0 Å². The lowest BCUT2D eigenvalue weighted by atomic mass is 9.91. The highest BCUT2D eigenvalue weighted by molar-refractivity contribution is 4.79. The van der Waals surface area contributed by atoms with Crippen LogP contribution in [0.1, 0.15) is 13.8 Å². The van der Waals surface area contributed by atoms with Crippen molar-refractivity contribution in [2.45, 2.75) is 20.0 Å². The SMILES string of the molecule is C[C@@H]1CNC[C@H](C)[C@H]1F. The van der Waals surface area contributed by atoms with Gasteiger partial charge in [0.25, 0.3) is 0 Å². The Bertz CT molecular complexity index is 84.9. The highest BCUT2D eigenvalue weighted by Gasteiger charge is 2.26. The van der Waals surface area contributed by atoms with Crippen molar-refractivity contribution in [1.29, 1.82) is 0 Å². The second-order valence-corrected chi connectivity index (χ2v) is 3.06. The van der Waals surface area contributed by atoms with Crippen LogP contribution in [-0.4, -0.2) is 19.3 Å². The number of halogens is 1. The molecule has 0 bridgehead atoms. The highest BCUT2D eigenvalue weighted by atomic mass is 19.1. The number of nitrogens with one attached hydrogen (secondary N) is 1. The number of hydrogen-bond donors (Lipinski definition) is 1. The molecule has 0 unspecified atom stereocenters. The number of rotatable bonds is 0. The quantitative estimate of drug-likeness (QED) is 0.521. The van der Waals surface area contributed by atoms with Gasteiger partial charge in [-0.15, -0.1) is 0 Å². The largest absolute Gasteiger partial charge is 0.316 e. The first-order valence-electron chi connectivity index (χ1n) is 3.56. The highest BCUT2D eigenvalue weighted by Crippen LogP contribution is 2.19. The van der Waals surface area contributed by atoms with Crippen LogP contribution in [0.25, 0.3) is 0 Å². The molecule has 0 saturated carbocycles. The maximum atomic E-state index is 12.9. The molecule has 54 valence electrons. The molecule has 1 heterocycles. The van der Waals surface area contributed by atoms with Gasteiger partial charge in [0.2, 0.25) is 0 Å². The van der Waals surface area contributed by atoms with Crippen LogP contribution in [-0.2, 0) is 0 Å². The van der Waals surface area contributed by atoms with Gasteiger partial charge in [-0.2, -0.15) is 0 Å². The fraction of sp³-hybridized carbons (Fsp3) is 1.00. The molecule has 0 aromatic heterocycles. The van der Waals surface area contributed by atoms with E-state index in [1.165, 1.54) is 0 Å². The van der Waals surface area contributed by atoms with E-state index >= 15 is 0 Å². The Morgan fingerprint density at radius 1 is 1.22 bits per heavy atom. The Morgan fingerprint density at radius 2 is 1.67 bits per heavy atom. The van der Waals surface area contributed by atoms with Crippen molar-refractivity contribution in [3.63, 3.8) is 0 Å². The van der Waals surface area contributed by atoms with E-state index in [0.29, 0.717) is 0 Å². The minimum absolute atomic E-state index is 0.203. The van der Waals surface area contributed by atoms with Crippen LogP contribution in [0.5, 0.6) is 0 Å². The Morgan fingerprint density at radius 3 is 2.00 bits per heavy atom. The lowest BCUT2D eigenvalue weighted by Gasteiger charge is -2.28. The van der Waals surface area contributed by atoms with Crippen molar-refractivity contribution in [2.24, 2.45) is 11.8 Å². The average Bonchev–Trinajstić information content (AvgIpc) is 1.83. The van der Waals surface area contributed by atoms with Crippen LogP contribution in [0.2, 0.25) is 0 Å². The molecular weight excluding hydrogens is 117 g/mol. The lowest BCUT2D eigenvalue weighted by Crippen LogP contribution is -2.42. The summed E-state index contributed by atoms with van der Waals surface area (Å²) in [5.74, 6) is 0.405. The predicted molar refractivity (Wildman–Crippen MR) is 36.1 cm³/mol. The fourth-order valence-corrected chi connectivity index (χ4v) is 1.32. The summed E-state index contributed by atoms with van der Waals surface area (Å²) in [4.78, 5) is 0. The van der Waals surface area contributed by atoms with Crippen LogP contribution in [0.3, 0.4) is 0 Å². The van der Waals surface area contributed by atoms with Gasteiger partial charge in [0.15, 0.2) is 0 Å². The van der Waals surface area contributed by atoms with E-state index in [1.807, 2.05) is 13.8 Å². The zero-order chi connectivity index (χ0) is 6.85. The van der Waals surface area contributed by atoms with Gasteiger partial charge in [-0.05, 0) is 0 Å². The molecule has 1 N–H and O–H groups in total. The summed E-state index contributed by atoms with van der Waals surface area (Å²) in [6.45, 7) is 5.58. The summed E-state index contributed by atoms with van der Waals surface area (Å²) in [5.41, 5.74) is 0. The Balaban J connectivity index is 2.41. The van der Waals surface area contributed by atoms with Gasteiger partial charge in [-0.25, -0.2) is 4.39 Å². The minimum atomic E-state index is -0.591. The molecule has 1 saturated heterocycles. The third kappa shape index (κ3) is 1.42. The summed E-state index contributed by atoms with van der Waals surface area (Å²) < 4.78 is 12.9. The molecule has 0 aromatic carbocycles. The third-order valence-corrected chi connectivity index (χ3v) is 2.02. The molecule has 2 heteroatoms. The smallest absolute Gasteiger partial charge is 0.108 e. The van der Waals surface area contributed by atoms with E-state index in [9.17, 15) is 4.39 Å². The molecule has 0 amide bonds. The van der Waals surface area contributed by atoms with Crippen LogP contribution >= 0.6 is 0 Å². The second-order valence-electron chi connectivity index (χ2n) is 3.06. The van der Waals surface area contributed by atoms with Crippen LogP contribution in [0.15, 0.2) is 0 Å². The van der Waals surface area contributed by atoms with Gasteiger partial charge in [-0.1, -0.05) is 13.8 Å². The molecule has 9 heavy (non-hydrogen) atoms. The normalized spacial score (nSPS) is 45.0. The summed E-state index contributed by atoms with van der Waals surface area (Å²) >= 11 is 0. The van der Waals surface area contributed by atoms with Crippen molar-refractivity contribution in [3.05, 3.63) is 0 Å². The minimum Gasteiger partial charge on any atom is -0.316 e. The molecule has 1 aliphatic rings. The van der Waals surface area contributed by atoms with Gasteiger partial charge in [-0.3, -0.25) is 0 Å². The number of hydrogen-bond acceptors (Lipinski definition) is 1. The zero-order valence-corrected chi connectivity index (χ0v) is 6.02. The van der Waals surface area contributed by atoms with Gasteiger partial charge in [0.05, 0.1) is 0 Å². The van der Waals surface area contributed by atoms with E-state index in [4.69, 9.17) is 0 Å². The molecule has 1 fully saturated rings. The first-order chi connectivity index (χ1) is 4.22. The molecule has 0 radical (unpaired) electrons. The van der Waals surface area contributed by atoms with Crippen LogP contribution in [0, 0.1) is 11.8 Å².